The Morgan fingerprint density at radius 3 is 2.58 bits per heavy atom. The average Bonchev–Trinajstić information content (AvgIpc) is 2.51. The Labute approximate surface area is 109 Å². The summed E-state index contributed by atoms with van der Waals surface area (Å²) in [6, 6.07) is 3.65. The Balaban J connectivity index is 2.17. The number of Topliss-reactive ketones (excluding diaryl/α,β-unsaturated/α-hetero) is 1. The molecule has 1 heterocycles. The molecule has 5 nitrogen and oxygen atoms in total. The zero-order chi connectivity index (χ0) is 14.2. The minimum atomic E-state index is -3.32. The molecule has 1 aliphatic rings. The number of hydrogen-bond acceptors (Lipinski definition) is 5. The Morgan fingerprint density at radius 1 is 1.42 bits per heavy atom. The minimum absolute atomic E-state index is 0.0630. The van der Waals surface area contributed by atoms with Crippen LogP contribution in [-0.2, 0) is 9.84 Å². The molecular weight excluding hydrogens is 275 g/mol. The van der Waals surface area contributed by atoms with Gasteiger partial charge in [-0.1, -0.05) is 0 Å². The minimum Gasteiger partial charge on any atom is -0.487 e. The number of aliphatic hydroxyl groups is 1. The lowest BCUT2D eigenvalue weighted by molar-refractivity contribution is 0.0735. The van der Waals surface area contributed by atoms with Crippen LogP contribution in [0.5, 0.6) is 5.75 Å². The molecule has 1 aromatic rings. The molecule has 1 N–H and O–H groups in total. The Kier molecular flexibility index (Phi) is 3.60. The molecule has 104 valence electrons. The quantitative estimate of drug-likeness (QED) is 0.822. The fourth-order valence-corrected chi connectivity index (χ4v) is 3.60. The second-order valence-corrected chi connectivity index (χ2v) is 6.65. The predicted molar refractivity (Wildman–Crippen MR) is 65.5 cm³/mol. The van der Waals surface area contributed by atoms with Crippen LogP contribution < -0.4 is 4.74 Å². The number of rotatable bonds is 3. The van der Waals surface area contributed by atoms with Gasteiger partial charge in [0.25, 0.3) is 0 Å². The van der Waals surface area contributed by atoms with Crippen molar-refractivity contribution in [1.29, 1.82) is 0 Å². The summed E-state index contributed by atoms with van der Waals surface area (Å²) >= 11 is 0. The van der Waals surface area contributed by atoms with Crippen molar-refractivity contribution in [1.82, 2.24) is 0 Å². The van der Waals surface area contributed by atoms with Gasteiger partial charge in [0, 0.05) is 6.07 Å². The lowest BCUT2D eigenvalue weighted by Gasteiger charge is -2.15. The predicted octanol–water partition coefficient (Wildman–Crippen LogP) is 0.565. The molecule has 0 radical (unpaired) electrons. The fraction of sp³-hybridized carbons (Fsp3) is 0.417. The number of carbonyl (C=O) groups excluding carboxylic acids is 1. The highest BCUT2D eigenvalue weighted by Crippen LogP contribution is 2.22. The van der Waals surface area contributed by atoms with Gasteiger partial charge in [-0.05, 0) is 19.1 Å². The SMILES string of the molecule is CC(=O)c1ccc(OC2CS(=O)(=O)CC2O)cc1F. The van der Waals surface area contributed by atoms with Crippen LogP contribution in [0.15, 0.2) is 18.2 Å². The van der Waals surface area contributed by atoms with Gasteiger partial charge in [0.2, 0.25) is 0 Å². The van der Waals surface area contributed by atoms with Crippen molar-refractivity contribution in [3.05, 3.63) is 29.6 Å². The third-order valence-corrected chi connectivity index (χ3v) is 4.57. The van der Waals surface area contributed by atoms with Crippen molar-refractivity contribution in [2.75, 3.05) is 11.5 Å². The van der Waals surface area contributed by atoms with Gasteiger partial charge in [-0.3, -0.25) is 4.79 Å². The summed E-state index contributed by atoms with van der Waals surface area (Å²) in [6.45, 7) is 1.24. The van der Waals surface area contributed by atoms with Gasteiger partial charge < -0.3 is 9.84 Å². The number of ether oxygens (including phenoxy) is 1. The third kappa shape index (κ3) is 3.10. The molecule has 1 saturated heterocycles. The van der Waals surface area contributed by atoms with E-state index in [-0.39, 0.29) is 22.8 Å². The van der Waals surface area contributed by atoms with E-state index in [4.69, 9.17) is 4.74 Å². The van der Waals surface area contributed by atoms with Gasteiger partial charge in [0.05, 0.1) is 17.1 Å². The highest BCUT2D eigenvalue weighted by atomic mass is 32.2. The molecule has 0 aliphatic carbocycles. The summed E-state index contributed by atoms with van der Waals surface area (Å²) < 4.78 is 41.4. The first kappa shape index (κ1) is 14.0. The first-order valence-electron chi connectivity index (χ1n) is 5.64. The number of benzene rings is 1. The number of aliphatic hydroxyl groups excluding tert-OH is 1. The molecule has 0 saturated carbocycles. The first-order valence-corrected chi connectivity index (χ1v) is 7.46. The molecule has 2 rings (SSSR count). The first-order chi connectivity index (χ1) is 8.78. The summed E-state index contributed by atoms with van der Waals surface area (Å²) in [5.74, 6) is -1.72. The van der Waals surface area contributed by atoms with Crippen molar-refractivity contribution < 1.29 is 27.4 Å². The highest BCUT2D eigenvalue weighted by Gasteiger charge is 2.38. The van der Waals surface area contributed by atoms with Gasteiger partial charge in [-0.2, -0.15) is 0 Å². The molecule has 2 atom stereocenters. The van der Waals surface area contributed by atoms with Gasteiger partial charge in [0.15, 0.2) is 15.6 Å². The number of ketones is 1. The van der Waals surface area contributed by atoms with Crippen LogP contribution in [0, 0.1) is 5.82 Å². The van der Waals surface area contributed by atoms with E-state index in [2.05, 4.69) is 0 Å². The monoisotopic (exact) mass is 288 g/mol. The molecule has 1 aromatic carbocycles. The van der Waals surface area contributed by atoms with Crippen LogP contribution in [0.3, 0.4) is 0 Å². The number of sulfone groups is 1. The lowest BCUT2D eigenvalue weighted by atomic mass is 10.1. The Bertz CT molecular complexity index is 611. The average molecular weight is 288 g/mol. The summed E-state index contributed by atoms with van der Waals surface area (Å²) in [7, 11) is -3.32. The van der Waals surface area contributed by atoms with Crippen LogP contribution in [0.2, 0.25) is 0 Å². The fourth-order valence-electron chi connectivity index (χ4n) is 1.94. The van der Waals surface area contributed by atoms with Gasteiger partial charge in [0.1, 0.15) is 23.8 Å². The molecule has 0 bridgehead atoms. The van der Waals surface area contributed by atoms with Crippen LogP contribution in [-0.4, -0.2) is 43.0 Å². The topological polar surface area (TPSA) is 80.7 Å². The third-order valence-electron chi connectivity index (χ3n) is 2.88. The second-order valence-electron chi connectivity index (χ2n) is 4.50. The molecule has 7 heteroatoms. The van der Waals surface area contributed by atoms with E-state index < -0.39 is 33.6 Å². The standard InChI is InChI=1S/C12H13FO5S/c1-7(14)9-3-2-8(4-10(9)13)18-12-6-19(16,17)5-11(12)15/h2-4,11-12,15H,5-6H2,1H3. The van der Waals surface area contributed by atoms with E-state index in [9.17, 15) is 22.7 Å². The number of carbonyl (C=O) groups is 1. The van der Waals surface area contributed by atoms with E-state index in [1.54, 1.807) is 0 Å². The summed E-state index contributed by atoms with van der Waals surface area (Å²) in [5.41, 5.74) is -0.0630. The number of halogens is 1. The van der Waals surface area contributed by atoms with Crippen LogP contribution in [0.25, 0.3) is 0 Å². The van der Waals surface area contributed by atoms with E-state index in [1.165, 1.54) is 19.1 Å². The van der Waals surface area contributed by atoms with Crippen molar-refractivity contribution in [2.45, 2.75) is 19.1 Å². The second kappa shape index (κ2) is 4.90. The van der Waals surface area contributed by atoms with Gasteiger partial charge in [-0.25, -0.2) is 12.8 Å². The van der Waals surface area contributed by atoms with Crippen molar-refractivity contribution in [2.24, 2.45) is 0 Å². The van der Waals surface area contributed by atoms with E-state index >= 15 is 0 Å². The van der Waals surface area contributed by atoms with E-state index in [1.807, 2.05) is 0 Å². The Hall–Kier alpha value is -1.47. The zero-order valence-electron chi connectivity index (χ0n) is 10.2. The normalized spacial score (nSPS) is 25.2. The largest absolute Gasteiger partial charge is 0.487 e. The van der Waals surface area contributed by atoms with E-state index in [0.717, 1.165) is 6.07 Å². The van der Waals surface area contributed by atoms with E-state index in [0.29, 0.717) is 0 Å². The molecule has 1 aliphatic heterocycles. The van der Waals surface area contributed by atoms with Crippen LogP contribution in [0.1, 0.15) is 17.3 Å². The zero-order valence-corrected chi connectivity index (χ0v) is 11.0. The summed E-state index contributed by atoms with van der Waals surface area (Å²) in [4.78, 5) is 11.1. The maximum atomic E-state index is 13.5. The molecule has 1 fully saturated rings. The summed E-state index contributed by atoms with van der Waals surface area (Å²) in [6.07, 6.45) is -2.03. The molecule has 19 heavy (non-hydrogen) atoms. The molecule has 2 unspecified atom stereocenters. The summed E-state index contributed by atoms with van der Waals surface area (Å²) in [5, 5.41) is 9.55. The maximum Gasteiger partial charge on any atom is 0.162 e. The van der Waals surface area contributed by atoms with Crippen molar-refractivity contribution >= 4 is 15.6 Å². The lowest BCUT2D eigenvalue weighted by Crippen LogP contribution is -2.29. The van der Waals surface area contributed by atoms with Gasteiger partial charge >= 0.3 is 0 Å². The molecule has 0 amide bonds. The molecule has 0 aromatic heterocycles. The highest BCUT2D eigenvalue weighted by molar-refractivity contribution is 7.91. The van der Waals surface area contributed by atoms with Crippen LogP contribution >= 0.6 is 0 Å². The van der Waals surface area contributed by atoms with Crippen molar-refractivity contribution in [3.63, 3.8) is 0 Å². The van der Waals surface area contributed by atoms with Crippen molar-refractivity contribution in [3.8, 4) is 5.75 Å². The smallest absolute Gasteiger partial charge is 0.162 e. The van der Waals surface area contributed by atoms with Gasteiger partial charge in [-0.15, -0.1) is 0 Å². The molecular formula is C12H13FO5S. The molecule has 0 spiro atoms. The maximum absolute atomic E-state index is 13.5. The Morgan fingerprint density at radius 2 is 2.11 bits per heavy atom. The number of hydrogen-bond donors (Lipinski definition) is 1. The van der Waals surface area contributed by atoms with Crippen LogP contribution in [0.4, 0.5) is 4.39 Å².